The summed E-state index contributed by atoms with van der Waals surface area (Å²) in [5.74, 6) is 14.0. The largest absolute Gasteiger partial charge is 0.416 e. The Morgan fingerprint density at radius 3 is 1.03 bits per heavy atom. The lowest BCUT2D eigenvalue weighted by molar-refractivity contribution is -0.137. The number of rotatable bonds is 9. The molecule has 10 aromatic rings. The van der Waals surface area contributed by atoms with E-state index >= 15 is 0 Å². The first kappa shape index (κ1) is 83.3. The van der Waals surface area contributed by atoms with Crippen LogP contribution in [0.25, 0.3) is 102 Å². The minimum absolute atomic E-state index is 0.0262. The van der Waals surface area contributed by atoms with Gasteiger partial charge in [-0.1, -0.05) is 251 Å². The number of hydrogen-bond acceptors (Lipinski definition) is 6. The molecule has 10 bridgehead atoms. The van der Waals surface area contributed by atoms with Crippen molar-refractivity contribution in [3.8, 4) is 86.4 Å². The van der Waals surface area contributed by atoms with Gasteiger partial charge < -0.3 is 14.9 Å². The Balaban J connectivity index is 0.870. The highest BCUT2D eigenvalue weighted by atomic mass is 19.4. The number of nitrogens with zero attached hydrogens (tertiary/aromatic N) is 6. The van der Waals surface area contributed by atoms with E-state index in [2.05, 4.69) is 316 Å². The third-order valence-electron chi connectivity index (χ3n) is 24.6. The molecule has 3 aromatic heterocycles. The van der Waals surface area contributed by atoms with Crippen LogP contribution in [0.1, 0.15) is 253 Å². The summed E-state index contributed by atoms with van der Waals surface area (Å²) in [6.07, 6.45) is 9.09. The normalized spacial score (nSPS) is 16.3. The van der Waals surface area contributed by atoms with Gasteiger partial charge in [-0.25, -0.2) is 9.97 Å². The van der Waals surface area contributed by atoms with E-state index in [4.69, 9.17) is 9.97 Å². The predicted molar refractivity (Wildman–Crippen MR) is 488 cm³/mol. The number of halogens is 3. The number of benzene rings is 7. The van der Waals surface area contributed by atoms with Gasteiger partial charge >= 0.3 is 6.18 Å². The van der Waals surface area contributed by atoms with Gasteiger partial charge in [0, 0.05) is 86.2 Å². The second-order valence-corrected chi connectivity index (χ2v) is 39.5. The van der Waals surface area contributed by atoms with Crippen LogP contribution in [0.4, 0.5) is 18.9 Å². The monoisotopic (exact) mass is 1570 g/mol. The van der Waals surface area contributed by atoms with E-state index in [0.29, 0.717) is 5.56 Å². The highest BCUT2D eigenvalue weighted by Gasteiger charge is 2.49. The summed E-state index contributed by atoms with van der Waals surface area (Å²) < 4.78 is 41.6. The van der Waals surface area contributed by atoms with Crippen molar-refractivity contribution in [2.45, 2.75) is 207 Å². The van der Waals surface area contributed by atoms with Crippen LogP contribution in [0.5, 0.6) is 0 Å². The molecule has 5 heterocycles. The van der Waals surface area contributed by atoms with E-state index in [0.717, 1.165) is 157 Å². The van der Waals surface area contributed by atoms with Crippen molar-refractivity contribution in [3.63, 3.8) is 0 Å². The minimum Gasteiger partial charge on any atom is -0.378 e. The van der Waals surface area contributed by atoms with E-state index in [-0.39, 0.29) is 65.8 Å². The number of H-pyrrole nitrogens is 2. The van der Waals surface area contributed by atoms with Crippen LogP contribution in [-0.2, 0) is 44.1 Å². The smallest absolute Gasteiger partial charge is 0.378 e. The maximum Gasteiger partial charge on any atom is 0.416 e. The fourth-order valence-corrected chi connectivity index (χ4v) is 16.9. The van der Waals surface area contributed by atoms with Crippen molar-refractivity contribution in [1.29, 1.82) is 15.8 Å². The topological polar surface area (TPSA) is 132 Å². The van der Waals surface area contributed by atoms with Crippen molar-refractivity contribution < 1.29 is 13.2 Å². The lowest BCUT2D eigenvalue weighted by Crippen LogP contribution is -2.43. The molecule has 0 radical (unpaired) electrons. The van der Waals surface area contributed by atoms with Gasteiger partial charge in [-0.3, -0.25) is 0 Å². The minimum atomic E-state index is -4.60. The molecule has 8 nitrogen and oxygen atoms in total. The Bertz CT molecular complexity index is 6100. The van der Waals surface area contributed by atoms with Gasteiger partial charge in [-0.15, -0.1) is 0 Å². The first-order chi connectivity index (χ1) is 55.9. The first-order valence-corrected chi connectivity index (χ1v) is 41.5. The molecule has 3 fully saturated rings. The summed E-state index contributed by atoms with van der Waals surface area (Å²) in [7, 11) is 3.79. The number of hydrogen-bond donors (Lipinski definition) is 2. The summed E-state index contributed by atoms with van der Waals surface area (Å²) in [6.45, 7) is 41.3. The highest BCUT2D eigenvalue weighted by Crippen LogP contribution is 2.58. The van der Waals surface area contributed by atoms with E-state index in [1.165, 1.54) is 51.1 Å². The number of aromatic nitrogens is 4. The van der Waals surface area contributed by atoms with Gasteiger partial charge in [0.15, 0.2) is 0 Å². The van der Waals surface area contributed by atoms with Gasteiger partial charge in [0.1, 0.15) is 23.8 Å². The van der Waals surface area contributed by atoms with E-state index in [1.54, 1.807) is 12.1 Å². The molecule has 2 aliphatic heterocycles. The van der Waals surface area contributed by atoms with E-state index < -0.39 is 17.2 Å². The standard InChI is InChI=1S/C108H107F3N8/c1-100(2,3)78-55-72(56-79(61-78)101(4,5)6)97-89-41-39-87(115-89)96(88-40-42-90(116-88)98(73-57-80(102(7,8)9)62-81(58-73)103(10,11)12)92-44-46-94(118-92)99(93-45-43-91(97)117-93)74-59-82(104(13,14)15)63-83(60-74)105(16,17)18)71-27-23-67(24-28-71)21-22-68-25-33-76(34-26-68)107-52-49-106(50-53-107,51-54-107)48-47-85(86(66-114)69-29-35-77(36-30-69)108(109,110)111)95(75(64-112)65-113)70-31-37-84(38-32-70)119(19)20/h23-46,55-63,115,118H,49-54H2,1-20H3/b86-85+,96-87?,96-88?,97-89?,97-91?,98-90?,98-92?,99-93?,99-94?. The summed E-state index contributed by atoms with van der Waals surface area (Å²) in [5.41, 5.74) is 24.9. The van der Waals surface area contributed by atoms with Gasteiger partial charge in [-0.2, -0.15) is 29.0 Å². The van der Waals surface area contributed by atoms with Crippen LogP contribution >= 0.6 is 0 Å². The Hall–Kier alpha value is -12.2. The number of fused-ring (bicyclic) bond motifs is 11. The molecular weight excluding hydrogens is 1470 g/mol. The average Bonchev–Trinajstić information content (AvgIpc) is 1.45. The molecule has 15 rings (SSSR count). The summed E-state index contributed by atoms with van der Waals surface area (Å²) in [6, 6.07) is 65.4. The number of nitrogens with one attached hydrogen (secondary N) is 2. The van der Waals surface area contributed by atoms with Gasteiger partial charge in [-0.05, 0) is 246 Å². The second kappa shape index (κ2) is 30.9. The average molecular weight is 1570 g/mol. The van der Waals surface area contributed by atoms with Gasteiger partial charge in [0.05, 0.1) is 39.5 Å². The Labute approximate surface area is 702 Å². The third kappa shape index (κ3) is 17.2. The van der Waals surface area contributed by atoms with Crippen molar-refractivity contribution in [1.82, 2.24) is 19.9 Å². The molecule has 0 atom stereocenters. The fourth-order valence-electron chi connectivity index (χ4n) is 16.9. The molecule has 2 N–H and O–H groups in total. The number of aromatic amines is 2. The molecule has 3 saturated carbocycles. The van der Waals surface area contributed by atoms with Crippen LogP contribution in [-0.4, -0.2) is 34.0 Å². The zero-order valence-corrected chi connectivity index (χ0v) is 72.6. The number of alkyl halides is 3. The molecule has 0 unspecified atom stereocenters. The highest BCUT2D eigenvalue weighted by molar-refractivity contribution is 6.03. The molecule has 3 aliphatic carbocycles. The summed E-state index contributed by atoms with van der Waals surface area (Å²) in [5, 5.41) is 31.8. The molecule has 0 spiro atoms. The van der Waals surface area contributed by atoms with E-state index in [9.17, 15) is 29.0 Å². The Morgan fingerprint density at radius 1 is 0.378 bits per heavy atom. The van der Waals surface area contributed by atoms with Gasteiger partial charge in [0.2, 0.25) is 0 Å². The lowest BCUT2D eigenvalue weighted by Gasteiger charge is -2.51. The van der Waals surface area contributed by atoms with Crippen LogP contribution < -0.4 is 4.90 Å². The lowest BCUT2D eigenvalue weighted by atomic mass is 9.52. The molecule has 7 aromatic carbocycles. The summed E-state index contributed by atoms with van der Waals surface area (Å²) >= 11 is 0. The maximum absolute atomic E-state index is 13.9. The molecule has 600 valence electrons. The molecule has 0 amide bonds. The predicted octanol–water partition coefficient (Wildman–Crippen LogP) is 27.7. The second-order valence-electron chi connectivity index (χ2n) is 39.5. The number of anilines is 1. The third-order valence-corrected chi connectivity index (χ3v) is 24.6. The van der Waals surface area contributed by atoms with Crippen molar-refractivity contribution in [2.75, 3.05) is 19.0 Å². The van der Waals surface area contributed by atoms with Crippen LogP contribution in [0.3, 0.4) is 0 Å². The van der Waals surface area contributed by atoms with Crippen molar-refractivity contribution in [3.05, 3.63) is 277 Å². The summed E-state index contributed by atoms with van der Waals surface area (Å²) in [4.78, 5) is 21.8. The molecule has 5 aliphatic rings. The van der Waals surface area contributed by atoms with Crippen LogP contribution in [0, 0.1) is 63.1 Å². The zero-order chi connectivity index (χ0) is 85.5. The number of allylic oxidation sites excluding steroid dienone is 4. The fraction of sp³-hybridized carbons (Fsp3) is 0.324. The molecule has 0 saturated heterocycles. The van der Waals surface area contributed by atoms with Crippen LogP contribution in [0.2, 0.25) is 0 Å². The number of nitriles is 3. The van der Waals surface area contributed by atoms with Crippen LogP contribution in [0.15, 0.2) is 187 Å². The first-order valence-electron chi connectivity index (χ1n) is 41.5. The molecule has 119 heavy (non-hydrogen) atoms. The maximum atomic E-state index is 13.9. The molecule has 11 heteroatoms. The van der Waals surface area contributed by atoms with Crippen molar-refractivity contribution in [2.24, 2.45) is 5.41 Å². The van der Waals surface area contributed by atoms with Crippen molar-refractivity contribution >= 4 is 63.2 Å². The van der Waals surface area contributed by atoms with E-state index in [1.807, 2.05) is 43.3 Å². The zero-order valence-electron chi connectivity index (χ0n) is 72.6. The quantitative estimate of drug-likeness (QED) is 0.0840. The Kier molecular flexibility index (Phi) is 21.7. The van der Waals surface area contributed by atoms with Gasteiger partial charge in [0.25, 0.3) is 0 Å². The molecular formula is C108H107F3N8. The Morgan fingerprint density at radius 2 is 0.714 bits per heavy atom. The SMILES string of the molecule is CN(C)c1ccc(C(=C(C#N)C#N)/C(C#CC23CCC(c4ccc(C#Cc5ccc(-c6c7nc(c(-c8cc(C(C)(C)C)cc(C(C)(C)C)c8)c8ccc([nH]8)c(-c8cc(C(C)(C)C)cc(C(C)(C)C)c8)c8nc(c(-c9cc(C(C)(C)C)cc(C(C)(C)C)c9)c9ccc6[nH]9)C=C8)C=C7)cc5)cc4)(CC2)CC3)=C(\C#N)c2ccc(C(F)(F)F)cc2)cc1.